The standard InChI is InChI=1S/C13H12FNO4/c1-15-10(16)6-13(12(15)19,7-11(17)18)8-3-2-4-9(14)5-8/h2-5H,6-7H2,1H3,(H,17,18)/t13-/m0/s1. The van der Waals surface area contributed by atoms with Gasteiger partial charge in [0, 0.05) is 13.5 Å². The van der Waals surface area contributed by atoms with Crippen LogP contribution in [-0.4, -0.2) is 34.8 Å². The first-order chi connectivity index (χ1) is 8.86. The van der Waals surface area contributed by atoms with Gasteiger partial charge in [-0.2, -0.15) is 0 Å². The lowest BCUT2D eigenvalue weighted by Gasteiger charge is -2.24. The van der Waals surface area contributed by atoms with Crippen LogP contribution < -0.4 is 0 Å². The number of carbonyl (C=O) groups excluding carboxylic acids is 2. The van der Waals surface area contributed by atoms with E-state index in [1.165, 1.54) is 25.2 Å². The molecule has 0 radical (unpaired) electrons. The summed E-state index contributed by atoms with van der Waals surface area (Å²) < 4.78 is 13.3. The second-order valence-corrected chi connectivity index (χ2v) is 4.60. The summed E-state index contributed by atoms with van der Waals surface area (Å²) in [4.78, 5) is 35.8. The number of hydrogen-bond donors (Lipinski definition) is 1. The summed E-state index contributed by atoms with van der Waals surface area (Å²) >= 11 is 0. The molecule has 100 valence electrons. The maximum atomic E-state index is 13.3. The summed E-state index contributed by atoms with van der Waals surface area (Å²) in [5, 5.41) is 8.98. The van der Waals surface area contributed by atoms with Crippen LogP contribution in [0.4, 0.5) is 4.39 Å². The van der Waals surface area contributed by atoms with Crippen molar-refractivity contribution in [2.75, 3.05) is 7.05 Å². The number of imide groups is 1. The molecule has 1 aromatic carbocycles. The van der Waals surface area contributed by atoms with Crippen molar-refractivity contribution >= 4 is 17.8 Å². The van der Waals surface area contributed by atoms with Gasteiger partial charge in [0.1, 0.15) is 5.82 Å². The molecular formula is C13H12FNO4. The van der Waals surface area contributed by atoms with Crippen LogP contribution in [0.15, 0.2) is 24.3 Å². The molecule has 6 heteroatoms. The second kappa shape index (κ2) is 4.46. The molecule has 1 aliphatic rings. The molecule has 1 N–H and O–H groups in total. The molecule has 19 heavy (non-hydrogen) atoms. The van der Waals surface area contributed by atoms with E-state index in [1.807, 2.05) is 0 Å². The first-order valence-corrected chi connectivity index (χ1v) is 5.65. The number of rotatable bonds is 3. The Bertz CT molecular complexity index is 568. The Kier molecular flexibility index (Phi) is 3.09. The Morgan fingerprint density at radius 3 is 2.63 bits per heavy atom. The number of likely N-dealkylation sites (tertiary alicyclic amines) is 1. The third-order valence-electron chi connectivity index (χ3n) is 3.37. The fourth-order valence-corrected chi connectivity index (χ4v) is 2.40. The molecule has 0 bridgehead atoms. The minimum atomic E-state index is -1.50. The van der Waals surface area contributed by atoms with Crippen LogP contribution >= 0.6 is 0 Å². The van der Waals surface area contributed by atoms with Crippen LogP contribution in [0.25, 0.3) is 0 Å². The van der Waals surface area contributed by atoms with Gasteiger partial charge in [0.05, 0.1) is 11.8 Å². The average Bonchev–Trinajstić information content (AvgIpc) is 2.54. The van der Waals surface area contributed by atoms with Crippen molar-refractivity contribution in [3.05, 3.63) is 35.6 Å². The van der Waals surface area contributed by atoms with Crippen molar-refractivity contribution in [3.8, 4) is 0 Å². The number of nitrogens with zero attached hydrogens (tertiary/aromatic N) is 1. The van der Waals surface area contributed by atoms with Gasteiger partial charge in [0.2, 0.25) is 11.8 Å². The molecule has 1 saturated heterocycles. The zero-order chi connectivity index (χ0) is 14.2. The highest BCUT2D eigenvalue weighted by atomic mass is 19.1. The van der Waals surface area contributed by atoms with Gasteiger partial charge in [-0.05, 0) is 17.7 Å². The van der Waals surface area contributed by atoms with E-state index in [1.54, 1.807) is 0 Å². The van der Waals surface area contributed by atoms with Gasteiger partial charge in [-0.15, -0.1) is 0 Å². The zero-order valence-electron chi connectivity index (χ0n) is 10.2. The molecule has 1 heterocycles. The molecule has 1 aromatic rings. The smallest absolute Gasteiger partial charge is 0.304 e. The minimum Gasteiger partial charge on any atom is -0.481 e. The number of halogens is 1. The zero-order valence-corrected chi connectivity index (χ0v) is 10.2. The first kappa shape index (κ1) is 13.2. The Balaban J connectivity index is 2.56. The van der Waals surface area contributed by atoms with Gasteiger partial charge in [-0.3, -0.25) is 19.3 Å². The van der Waals surface area contributed by atoms with Crippen molar-refractivity contribution < 1.29 is 23.9 Å². The molecule has 5 nitrogen and oxygen atoms in total. The maximum absolute atomic E-state index is 13.3. The highest BCUT2D eigenvalue weighted by molar-refractivity contribution is 6.10. The summed E-state index contributed by atoms with van der Waals surface area (Å²) in [6.45, 7) is 0. The van der Waals surface area contributed by atoms with Gasteiger partial charge >= 0.3 is 5.97 Å². The van der Waals surface area contributed by atoms with E-state index in [2.05, 4.69) is 0 Å². The second-order valence-electron chi connectivity index (χ2n) is 4.60. The number of likely N-dealkylation sites (N-methyl/N-ethyl adjacent to an activating group) is 1. The number of amides is 2. The summed E-state index contributed by atoms with van der Waals surface area (Å²) in [5.74, 6) is -2.85. The Morgan fingerprint density at radius 2 is 2.16 bits per heavy atom. The number of carboxylic acid groups (broad SMARTS) is 1. The van der Waals surface area contributed by atoms with Crippen LogP contribution in [0.5, 0.6) is 0 Å². The van der Waals surface area contributed by atoms with E-state index in [0.29, 0.717) is 0 Å². The number of carboxylic acids is 1. The SMILES string of the molecule is CN1C(=O)C[C@](CC(=O)O)(c2cccc(F)c2)C1=O. The third kappa shape index (κ3) is 2.09. The van der Waals surface area contributed by atoms with Crippen LogP contribution in [0, 0.1) is 5.82 Å². The van der Waals surface area contributed by atoms with Crippen LogP contribution in [0.3, 0.4) is 0 Å². The van der Waals surface area contributed by atoms with Gasteiger partial charge in [-0.1, -0.05) is 12.1 Å². The van der Waals surface area contributed by atoms with Crippen molar-refractivity contribution in [1.82, 2.24) is 4.90 Å². The Morgan fingerprint density at radius 1 is 1.47 bits per heavy atom. The molecule has 1 aliphatic heterocycles. The predicted molar refractivity (Wildman–Crippen MR) is 62.7 cm³/mol. The number of aliphatic carboxylic acids is 1. The summed E-state index contributed by atoms with van der Waals surface area (Å²) in [5.41, 5.74) is -1.28. The largest absolute Gasteiger partial charge is 0.481 e. The normalized spacial score (nSPS) is 22.9. The third-order valence-corrected chi connectivity index (χ3v) is 3.37. The van der Waals surface area contributed by atoms with E-state index in [-0.39, 0.29) is 12.0 Å². The lowest BCUT2D eigenvalue weighted by atomic mass is 9.76. The van der Waals surface area contributed by atoms with Crippen molar-refractivity contribution in [2.24, 2.45) is 0 Å². The molecule has 1 fully saturated rings. The molecule has 2 amide bonds. The van der Waals surface area contributed by atoms with Crippen molar-refractivity contribution in [1.29, 1.82) is 0 Å². The molecule has 0 unspecified atom stereocenters. The van der Waals surface area contributed by atoms with E-state index < -0.39 is 35.4 Å². The molecule has 0 aromatic heterocycles. The molecule has 0 aliphatic carbocycles. The van der Waals surface area contributed by atoms with Gasteiger partial charge < -0.3 is 5.11 Å². The molecular weight excluding hydrogens is 253 g/mol. The minimum absolute atomic E-state index is 0.220. The Hall–Kier alpha value is -2.24. The molecule has 2 rings (SSSR count). The average molecular weight is 265 g/mol. The predicted octanol–water partition coefficient (Wildman–Crippen LogP) is 0.927. The first-order valence-electron chi connectivity index (χ1n) is 5.65. The Labute approximate surface area is 108 Å². The van der Waals surface area contributed by atoms with E-state index in [9.17, 15) is 18.8 Å². The van der Waals surface area contributed by atoms with Crippen molar-refractivity contribution in [3.63, 3.8) is 0 Å². The number of benzene rings is 1. The van der Waals surface area contributed by atoms with E-state index >= 15 is 0 Å². The topological polar surface area (TPSA) is 74.7 Å². The van der Waals surface area contributed by atoms with E-state index in [4.69, 9.17) is 5.11 Å². The van der Waals surface area contributed by atoms with Crippen molar-refractivity contribution in [2.45, 2.75) is 18.3 Å². The van der Waals surface area contributed by atoms with Crippen LogP contribution in [-0.2, 0) is 19.8 Å². The van der Waals surface area contributed by atoms with Gasteiger partial charge in [-0.25, -0.2) is 4.39 Å². The monoisotopic (exact) mass is 265 g/mol. The quantitative estimate of drug-likeness (QED) is 0.825. The molecule has 0 spiro atoms. The lowest BCUT2D eigenvalue weighted by Crippen LogP contribution is -2.38. The van der Waals surface area contributed by atoms with Crippen LogP contribution in [0.2, 0.25) is 0 Å². The molecule has 1 atom stereocenters. The fraction of sp³-hybridized carbons (Fsp3) is 0.308. The van der Waals surface area contributed by atoms with Gasteiger partial charge in [0.15, 0.2) is 0 Å². The van der Waals surface area contributed by atoms with Gasteiger partial charge in [0.25, 0.3) is 0 Å². The number of hydrogen-bond acceptors (Lipinski definition) is 3. The summed E-state index contributed by atoms with van der Waals surface area (Å²) in [7, 11) is 1.30. The van der Waals surface area contributed by atoms with E-state index in [0.717, 1.165) is 11.0 Å². The highest BCUT2D eigenvalue weighted by Gasteiger charge is 2.52. The number of carbonyl (C=O) groups is 3. The fourth-order valence-electron chi connectivity index (χ4n) is 2.40. The maximum Gasteiger partial charge on any atom is 0.304 e. The molecule has 0 saturated carbocycles. The lowest BCUT2D eigenvalue weighted by molar-refractivity contribution is -0.144. The van der Waals surface area contributed by atoms with Crippen LogP contribution in [0.1, 0.15) is 18.4 Å². The summed E-state index contributed by atoms with van der Waals surface area (Å²) in [6, 6.07) is 5.16. The highest BCUT2D eigenvalue weighted by Crippen LogP contribution is 2.39. The summed E-state index contributed by atoms with van der Waals surface area (Å²) in [6.07, 6.45) is -0.788.